The van der Waals surface area contributed by atoms with Gasteiger partial charge in [-0.2, -0.15) is 5.10 Å². The van der Waals surface area contributed by atoms with E-state index < -0.39 is 0 Å². The molecule has 0 unspecified atom stereocenters. The maximum atomic E-state index is 11.7. The predicted molar refractivity (Wildman–Crippen MR) is 115 cm³/mol. The largest absolute Gasteiger partial charge is 0.359 e. The molecule has 0 atom stereocenters. The Balaban J connectivity index is 1.73. The van der Waals surface area contributed by atoms with Crippen molar-refractivity contribution in [2.24, 2.45) is 7.05 Å². The van der Waals surface area contributed by atoms with E-state index in [4.69, 9.17) is 16.6 Å². The fourth-order valence-corrected chi connectivity index (χ4v) is 3.22. The molecule has 4 aromatic rings. The Morgan fingerprint density at radius 1 is 1.31 bits per heavy atom. The normalized spacial score (nSPS) is 11.0. The molecular formula is C20H20ClN7O. The lowest BCUT2D eigenvalue weighted by Gasteiger charge is -2.08. The van der Waals surface area contributed by atoms with Crippen LogP contribution in [0.15, 0.2) is 36.7 Å². The van der Waals surface area contributed by atoms with E-state index in [1.165, 1.54) is 0 Å². The number of benzene rings is 1. The van der Waals surface area contributed by atoms with Gasteiger partial charge in [0.25, 0.3) is 0 Å². The van der Waals surface area contributed by atoms with Crippen molar-refractivity contribution in [2.45, 2.75) is 13.8 Å². The van der Waals surface area contributed by atoms with Gasteiger partial charge in [-0.1, -0.05) is 12.1 Å². The summed E-state index contributed by atoms with van der Waals surface area (Å²) in [5.41, 5.74) is 5.17. The number of rotatable bonds is 5. The molecule has 0 fully saturated rings. The maximum Gasteiger partial charge on any atom is 0.239 e. The number of anilines is 3. The topological polar surface area (TPSA) is 101 Å². The third-order valence-corrected chi connectivity index (χ3v) is 4.93. The summed E-state index contributed by atoms with van der Waals surface area (Å²) in [5, 5.41) is 11.3. The van der Waals surface area contributed by atoms with Crippen LogP contribution in [0.3, 0.4) is 0 Å². The summed E-state index contributed by atoms with van der Waals surface area (Å²) in [5.74, 6) is 0.789. The van der Waals surface area contributed by atoms with Gasteiger partial charge in [-0.25, -0.2) is 9.97 Å². The summed E-state index contributed by atoms with van der Waals surface area (Å²) >= 11 is 5.62. The summed E-state index contributed by atoms with van der Waals surface area (Å²) in [6.45, 7) is 3.94. The van der Waals surface area contributed by atoms with Crippen LogP contribution in [0.4, 0.5) is 17.5 Å². The van der Waals surface area contributed by atoms with Crippen molar-refractivity contribution < 1.29 is 4.79 Å². The lowest BCUT2D eigenvalue weighted by molar-refractivity contribution is -0.113. The molecule has 0 aliphatic heterocycles. The molecule has 148 valence electrons. The van der Waals surface area contributed by atoms with Gasteiger partial charge in [0, 0.05) is 42.2 Å². The number of H-pyrrole nitrogens is 1. The van der Waals surface area contributed by atoms with Crippen molar-refractivity contribution in [1.82, 2.24) is 24.7 Å². The number of aryl methyl sites for hydroxylation is 3. The van der Waals surface area contributed by atoms with Gasteiger partial charge in [0.2, 0.25) is 11.9 Å². The van der Waals surface area contributed by atoms with Crippen LogP contribution in [0.1, 0.15) is 11.3 Å². The SMILES string of the molecule is Cc1cnc(Nc2cc(C)n(C)n2)nc1-c1c[nH]c2c(NC(=O)CCl)cccc12. The lowest BCUT2D eigenvalue weighted by Crippen LogP contribution is -2.12. The van der Waals surface area contributed by atoms with Crippen LogP contribution in [-0.4, -0.2) is 36.5 Å². The van der Waals surface area contributed by atoms with Gasteiger partial charge >= 0.3 is 0 Å². The van der Waals surface area contributed by atoms with E-state index in [-0.39, 0.29) is 11.8 Å². The molecule has 8 nitrogen and oxygen atoms in total. The van der Waals surface area contributed by atoms with Gasteiger partial charge in [0.05, 0.1) is 16.9 Å². The van der Waals surface area contributed by atoms with E-state index in [0.717, 1.165) is 33.4 Å². The smallest absolute Gasteiger partial charge is 0.239 e. The summed E-state index contributed by atoms with van der Waals surface area (Å²) in [7, 11) is 1.88. The van der Waals surface area contributed by atoms with Gasteiger partial charge in [-0.05, 0) is 25.5 Å². The number of nitrogens with one attached hydrogen (secondary N) is 3. The van der Waals surface area contributed by atoms with Crippen LogP contribution in [0.2, 0.25) is 0 Å². The summed E-state index contributed by atoms with van der Waals surface area (Å²) < 4.78 is 1.79. The van der Waals surface area contributed by atoms with E-state index in [1.54, 1.807) is 10.9 Å². The third-order valence-electron chi connectivity index (χ3n) is 4.69. The number of hydrogen-bond acceptors (Lipinski definition) is 5. The Labute approximate surface area is 172 Å². The number of carbonyl (C=O) groups is 1. The molecule has 3 aromatic heterocycles. The zero-order chi connectivity index (χ0) is 20.5. The number of amides is 1. The minimum absolute atomic E-state index is 0.100. The molecule has 1 aromatic carbocycles. The van der Waals surface area contributed by atoms with E-state index in [9.17, 15) is 4.79 Å². The van der Waals surface area contributed by atoms with Crippen molar-refractivity contribution in [3.05, 3.63) is 47.9 Å². The highest BCUT2D eigenvalue weighted by molar-refractivity contribution is 6.29. The van der Waals surface area contributed by atoms with E-state index in [1.807, 2.05) is 51.4 Å². The lowest BCUT2D eigenvalue weighted by atomic mass is 10.1. The molecule has 0 spiro atoms. The molecule has 4 rings (SSSR count). The number of hydrogen-bond donors (Lipinski definition) is 3. The van der Waals surface area contributed by atoms with Crippen LogP contribution in [-0.2, 0) is 11.8 Å². The highest BCUT2D eigenvalue weighted by atomic mass is 35.5. The van der Waals surface area contributed by atoms with Gasteiger partial charge in [0.1, 0.15) is 5.88 Å². The zero-order valence-corrected chi connectivity index (χ0v) is 17.0. The molecule has 0 aliphatic carbocycles. The zero-order valence-electron chi connectivity index (χ0n) is 16.2. The number of fused-ring (bicyclic) bond motifs is 1. The van der Waals surface area contributed by atoms with Crippen LogP contribution in [0.25, 0.3) is 22.2 Å². The van der Waals surface area contributed by atoms with E-state index in [0.29, 0.717) is 17.5 Å². The first kappa shape index (κ1) is 18.9. The van der Waals surface area contributed by atoms with E-state index >= 15 is 0 Å². The van der Waals surface area contributed by atoms with Crippen LogP contribution in [0.5, 0.6) is 0 Å². The molecule has 29 heavy (non-hydrogen) atoms. The highest BCUT2D eigenvalue weighted by Gasteiger charge is 2.15. The number of nitrogens with zero attached hydrogens (tertiary/aromatic N) is 4. The maximum absolute atomic E-state index is 11.7. The molecular weight excluding hydrogens is 390 g/mol. The van der Waals surface area contributed by atoms with Crippen molar-refractivity contribution in [3.63, 3.8) is 0 Å². The van der Waals surface area contributed by atoms with Gasteiger partial charge < -0.3 is 15.6 Å². The number of carbonyl (C=O) groups excluding carboxylic acids is 1. The molecule has 3 N–H and O–H groups in total. The first-order valence-corrected chi connectivity index (χ1v) is 9.57. The van der Waals surface area contributed by atoms with E-state index in [2.05, 4.69) is 25.7 Å². The molecule has 0 aliphatic rings. The van der Waals surface area contributed by atoms with Crippen LogP contribution in [0, 0.1) is 13.8 Å². The molecule has 0 saturated carbocycles. The fourth-order valence-electron chi connectivity index (χ4n) is 3.15. The van der Waals surface area contributed by atoms with Gasteiger partial charge in [-0.3, -0.25) is 9.48 Å². The van der Waals surface area contributed by atoms with Crippen molar-refractivity contribution in [2.75, 3.05) is 16.5 Å². The standard InChI is InChI=1S/C20H20ClN7O/c1-11-9-23-20(25-16-7-12(2)28(3)27-16)26-18(11)14-10-22-19-13(14)5-4-6-15(19)24-17(29)8-21/h4-7,9-10,22H,8H2,1-3H3,(H,24,29)(H,23,25,26,27). The molecule has 0 radical (unpaired) electrons. The number of para-hydroxylation sites is 1. The second-order valence-corrected chi connectivity index (χ2v) is 7.02. The Morgan fingerprint density at radius 3 is 2.86 bits per heavy atom. The molecule has 0 saturated heterocycles. The Morgan fingerprint density at radius 2 is 2.14 bits per heavy atom. The second kappa shape index (κ2) is 7.56. The first-order chi connectivity index (χ1) is 14.0. The van der Waals surface area contributed by atoms with Crippen LogP contribution < -0.4 is 10.6 Å². The Bertz CT molecular complexity index is 1190. The molecule has 3 heterocycles. The molecule has 9 heteroatoms. The van der Waals surface area contributed by atoms with Crippen molar-refractivity contribution >= 4 is 45.9 Å². The monoisotopic (exact) mass is 409 g/mol. The number of aromatic nitrogens is 5. The third kappa shape index (κ3) is 3.66. The number of aromatic amines is 1. The number of alkyl halides is 1. The number of halogens is 1. The average Bonchev–Trinajstić information content (AvgIpc) is 3.27. The van der Waals surface area contributed by atoms with Gasteiger partial charge in [-0.15, -0.1) is 11.6 Å². The minimum Gasteiger partial charge on any atom is -0.359 e. The summed E-state index contributed by atoms with van der Waals surface area (Å²) in [6, 6.07) is 7.63. The predicted octanol–water partition coefficient (Wildman–Crippen LogP) is 3.90. The Hall–Kier alpha value is -3.39. The van der Waals surface area contributed by atoms with Crippen LogP contribution >= 0.6 is 11.6 Å². The highest BCUT2D eigenvalue weighted by Crippen LogP contribution is 2.33. The second-order valence-electron chi connectivity index (χ2n) is 6.76. The van der Waals surface area contributed by atoms with Crippen molar-refractivity contribution in [1.29, 1.82) is 0 Å². The molecule has 0 bridgehead atoms. The summed E-state index contributed by atoms with van der Waals surface area (Å²) in [4.78, 5) is 24.0. The Kier molecular flexibility index (Phi) is 4.94. The average molecular weight is 410 g/mol. The quantitative estimate of drug-likeness (QED) is 0.434. The first-order valence-electron chi connectivity index (χ1n) is 9.04. The molecule has 1 amide bonds. The van der Waals surface area contributed by atoms with Gasteiger partial charge in [0.15, 0.2) is 5.82 Å². The van der Waals surface area contributed by atoms with Crippen molar-refractivity contribution in [3.8, 4) is 11.3 Å². The summed E-state index contributed by atoms with van der Waals surface area (Å²) in [6.07, 6.45) is 3.66. The minimum atomic E-state index is -0.259. The fraction of sp³-hybridized carbons (Fsp3) is 0.200.